The lowest BCUT2D eigenvalue weighted by molar-refractivity contribution is -0.385. The minimum absolute atomic E-state index is 0.0151. The lowest BCUT2D eigenvalue weighted by Gasteiger charge is -2.20. The van der Waals surface area contributed by atoms with Crippen molar-refractivity contribution in [1.82, 2.24) is 5.32 Å². The van der Waals surface area contributed by atoms with Gasteiger partial charge >= 0.3 is 5.69 Å². The van der Waals surface area contributed by atoms with Gasteiger partial charge in [0.05, 0.1) is 11.0 Å². The van der Waals surface area contributed by atoms with Crippen LogP contribution in [0.5, 0.6) is 5.75 Å². The van der Waals surface area contributed by atoms with E-state index in [1.54, 1.807) is 42.5 Å². The summed E-state index contributed by atoms with van der Waals surface area (Å²) in [5, 5.41) is 13.8. The Morgan fingerprint density at radius 3 is 2.48 bits per heavy atom. The van der Waals surface area contributed by atoms with E-state index in [4.69, 9.17) is 4.74 Å². The van der Waals surface area contributed by atoms with E-state index in [0.717, 1.165) is 0 Å². The van der Waals surface area contributed by atoms with Gasteiger partial charge < -0.3 is 10.1 Å². The van der Waals surface area contributed by atoms with Crippen LogP contribution >= 0.6 is 15.9 Å². The normalized spacial score (nSPS) is 11.5. The first-order valence-corrected chi connectivity index (χ1v) is 9.40. The molecule has 0 spiro atoms. The van der Waals surface area contributed by atoms with E-state index in [0.29, 0.717) is 15.6 Å². The third kappa shape index (κ3) is 5.17. The highest BCUT2D eigenvalue weighted by Gasteiger charge is 2.21. The van der Waals surface area contributed by atoms with Crippen LogP contribution in [0, 0.1) is 15.9 Å². The van der Waals surface area contributed by atoms with Crippen molar-refractivity contribution in [2.24, 2.45) is 0 Å². The molecule has 1 unspecified atom stereocenters. The first kappa shape index (κ1) is 20.5. The summed E-state index contributed by atoms with van der Waals surface area (Å²) in [6.07, 6.45) is 0. The second-order valence-corrected chi connectivity index (χ2v) is 7.01. The van der Waals surface area contributed by atoms with Gasteiger partial charge in [-0.25, -0.2) is 4.39 Å². The number of ether oxygens (including phenoxy) is 1. The molecule has 3 rings (SSSR count). The van der Waals surface area contributed by atoms with Crippen LogP contribution < -0.4 is 10.1 Å². The van der Waals surface area contributed by atoms with Crippen molar-refractivity contribution < 1.29 is 18.8 Å². The summed E-state index contributed by atoms with van der Waals surface area (Å²) in [5.41, 5.74) is 0.741. The van der Waals surface area contributed by atoms with Crippen molar-refractivity contribution in [1.29, 1.82) is 0 Å². The number of carbonyl (C=O) groups excluding carboxylic acids is 1. The zero-order valence-corrected chi connectivity index (χ0v) is 16.6. The molecule has 1 N–H and O–H groups in total. The van der Waals surface area contributed by atoms with Gasteiger partial charge in [-0.15, -0.1) is 0 Å². The number of halogens is 2. The van der Waals surface area contributed by atoms with Gasteiger partial charge in [-0.1, -0.05) is 64.5 Å². The number of hydrogen-bond donors (Lipinski definition) is 1. The number of nitro benzene ring substituents is 1. The van der Waals surface area contributed by atoms with Crippen molar-refractivity contribution in [3.8, 4) is 5.75 Å². The quantitative estimate of drug-likeness (QED) is 0.407. The Kier molecular flexibility index (Phi) is 6.56. The zero-order valence-electron chi connectivity index (χ0n) is 15.0. The summed E-state index contributed by atoms with van der Waals surface area (Å²) < 4.78 is 20.4. The highest BCUT2D eigenvalue weighted by Crippen LogP contribution is 2.28. The Bertz CT molecular complexity index is 1030. The molecule has 0 saturated carbocycles. The summed E-state index contributed by atoms with van der Waals surface area (Å²) in [6.45, 7) is -0.452. The molecular weight excluding hydrogens is 443 g/mol. The lowest BCUT2D eigenvalue weighted by atomic mass is 9.98. The summed E-state index contributed by atoms with van der Waals surface area (Å²) in [6, 6.07) is 18.6. The standard InChI is InChI=1S/C21H16BrFN2O4/c22-15-10-11-16(17(23)12-15)21(14-6-2-1-3-7-14)24-20(26)13-29-19-9-5-4-8-18(19)25(27)28/h1-12,21H,13H2,(H,24,26). The van der Waals surface area contributed by atoms with Gasteiger partial charge in [-0.2, -0.15) is 0 Å². The predicted octanol–water partition coefficient (Wildman–Crippen LogP) is 4.78. The second-order valence-electron chi connectivity index (χ2n) is 6.09. The molecule has 0 fully saturated rings. The van der Waals surface area contributed by atoms with Crippen LogP contribution in [0.25, 0.3) is 0 Å². The number of para-hydroxylation sites is 2. The number of benzene rings is 3. The number of rotatable bonds is 7. The van der Waals surface area contributed by atoms with E-state index in [1.165, 1.54) is 24.3 Å². The minimum Gasteiger partial charge on any atom is -0.477 e. The van der Waals surface area contributed by atoms with Crippen LogP contribution in [0.3, 0.4) is 0 Å². The minimum atomic E-state index is -0.744. The zero-order chi connectivity index (χ0) is 20.8. The molecule has 0 saturated heterocycles. The van der Waals surface area contributed by atoms with Crippen LogP contribution in [0.4, 0.5) is 10.1 Å². The van der Waals surface area contributed by atoms with E-state index < -0.39 is 29.3 Å². The van der Waals surface area contributed by atoms with Crippen LogP contribution in [0.2, 0.25) is 0 Å². The monoisotopic (exact) mass is 458 g/mol. The lowest BCUT2D eigenvalue weighted by Crippen LogP contribution is -2.33. The van der Waals surface area contributed by atoms with Crippen molar-refractivity contribution >= 4 is 27.5 Å². The molecule has 6 nitrogen and oxygen atoms in total. The topological polar surface area (TPSA) is 81.5 Å². The first-order valence-electron chi connectivity index (χ1n) is 8.61. The molecule has 0 aliphatic heterocycles. The largest absolute Gasteiger partial charge is 0.477 e. The first-order chi connectivity index (χ1) is 14.0. The average molecular weight is 459 g/mol. The maximum atomic E-state index is 14.5. The molecule has 0 aromatic heterocycles. The molecule has 8 heteroatoms. The molecule has 0 aliphatic rings. The highest BCUT2D eigenvalue weighted by atomic mass is 79.9. The van der Waals surface area contributed by atoms with Crippen LogP contribution in [-0.2, 0) is 4.79 Å². The van der Waals surface area contributed by atoms with E-state index in [9.17, 15) is 19.3 Å². The van der Waals surface area contributed by atoms with Crippen molar-refractivity contribution in [3.05, 3.63) is 104 Å². The van der Waals surface area contributed by atoms with Crippen molar-refractivity contribution in [2.75, 3.05) is 6.61 Å². The van der Waals surface area contributed by atoms with Gasteiger partial charge in [0.25, 0.3) is 5.91 Å². The van der Waals surface area contributed by atoms with Gasteiger partial charge in [0.2, 0.25) is 0 Å². The van der Waals surface area contributed by atoms with Crippen LogP contribution in [0.1, 0.15) is 17.2 Å². The molecule has 0 aliphatic carbocycles. The van der Waals surface area contributed by atoms with Crippen molar-refractivity contribution in [3.63, 3.8) is 0 Å². The molecular formula is C21H16BrFN2O4. The number of nitro groups is 1. The predicted molar refractivity (Wildman–Crippen MR) is 109 cm³/mol. The van der Waals surface area contributed by atoms with Gasteiger partial charge in [-0.3, -0.25) is 14.9 Å². The van der Waals surface area contributed by atoms with Crippen LogP contribution in [-0.4, -0.2) is 17.4 Å². The fourth-order valence-electron chi connectivity index (χ4n) is 2.80. The third-order valence-electron chi connectivity index (χ3n) is 4.13. The number of amides is 1. The smallest absolute Gasteiger partial charge is 0.310 e. The van der Waals surface area contributed by atoms with Gasteiger partial charge in [0.15, 0.2) is 12.4 Å². The molecule has 3 aromatic rings. The molecule has 3 aromatic carbocycles. The van der Waals surface area contributed by atoms with E-state index in [2.05, 4.69) is 21.2 Å². The molecule has 1 atom stereocenters. The summed E-state index contributed by atoms with van der Waals surface area (Å²) in [5.74, 6) is -1.04. The van der Waals surface area contributed by atoms with Gasteiger partial charge in [0, 0.05) is 16.1 Å². The molecule has 29 heavy (non-hydrogen) atoms. The average Bonchev–Trinajstić information content (AvgIpc) is 2.72. The van der Waals surface area contributed by atoms with E-state index >= 15 is 0 Å². The Morgan fingerprint density at radius 1 is 1.10 bits per heavy atom. The maximum Gasteiger partial charge on any atom is 0.310 e. The molecule has 1 amide bonds. The van der Waals surface area contributed by atoms with Crippen molar-refractivity contribution in [2.45, 2.75) is 6.04 Å². The van der Waals surface area contributed by atoms with Gasteiger partial charge in [0.1, 0.15) is 5.82 Å². The van der Waals surface area contributed by atoms with E-state index in [1.807, 2.05) is 6.07 Å². The number of hydrogen-bond acceptors (Lipinski definition) is 4. The molecule has 0 radical (unpaired) electrons. The molecule has 148 valence electrons. The Morgan fingerprint density at radius 2 is 1.79 bits per heavy atom. The van der Waals surface area contributed by atoms with Gasteiger partial charge in [-0.05, 0) is 23.8 Å². The summed E-state index contributed by atoms with van der Waals surface area (Å²) >= 11 is 3.22. The second kappa shape index (κ2) is 9.29. The number of nitrogens with zero attached hydrogens (tertiary/aromatic N) is 1. The van der Waals surface area contributed by atoms with E-state index in [-0.39, 0.29) is 11.4 Å². The third-order valence-corrected chi connectivity index (χ3v) is 4.63. The molecule has 0 bridgehead atoms. The highest BCUT2D eigenvalue weighted by molar-refractivity contribution is 9.10. The maximum absolute atomic E-state index is 14.5. The summed E-state index contributed by atoms with van der Waals surface area (Å²) in [4.78, 5) is 23.0. The van der Waals surface area contributed by atoms with Crippen LogP contribution in [0.15, 0.2) is 77.3 Å². The fraction of sp³-hybridized carbons (Fsp3) is 0.0952. The Hall–Kier alpha value is -3.26. The Labute approximate surface area is 174 Å². The Balaban J connectivity index is 1.80. The number of carbonyl (C=O) groups is 1. The fourth-order valence-corrected chi connectivity index (χ4v) is 3.13. The number of nitrogens with one attached hydrogen (secondary N) is 1. The molecule has 0 heterocycles. The SMILES string of the molecule is O=C(COc1ccccc1[N+](=O)[O-])NC(c1ccccc1)c1ccc(Br)cc1F. The summed E-state index contributed by atoms with van der Waals surface area (Å²) in [7, 11) is 0.